The van der Waals surface area contributed by atoms with Gasteiger partial charge in [-0.05, 0) is 60.5 Å². The second kappa shape index (κ2) is 12.3. The van der Waals surface area contributed by atoms with Crippen molar-refractivity contribution in [2.45, 2.75) is 0 Å². The maximum atomic E-state index is 9.98. The molecule has 0 atom stereocenters. The molecule has 0 fully saturated rings. The number of nitrogens with zero attached hydrogens (tertiary/aromatic N) is 6. The molecule has 0 aliphatic heterocycles. The highest BCUT2D eigenvalue weighted by molar-refractivity contribution is 6.12. The SMILES string of the molecule is [2H]c1c([2H])c([2H])c2c(c1[2H])c1c([2H])c(-n3c4c([2H])c([2H])c([2H])c([2H])c4c4c([2H])c([2H])c([2H])c([2H])c43)c([2H])c([2H])c1n2-c1cccc(-c2nc(-c3ccccc3)nc(-n3c4ccccc4c4ccccc43)n2)c1. The van der Waals surface area contributed by atoms with Gasteiger partial charge < -0.3 is 9.13 Å². The molecule has 0 N–H and O–H groups in total. The van der Waals surface area contributed by atoms with Crippen LogP contribution in [0.1, 0.15) is 20.6 Å². The third-order valence-electron chi connectivity index (χ3n) is 10.2. The first kappa shape index (κ1) is 20.2. The Morgan fingerprint density at radius 2 is 0.860 bits per heavy atom. The molecule has 0 aliphatic carbocycles. The summed E-state index contributed by atoms with van der Waals surface area (Å²) in [5.41, 5.74) is 1.47. The van der Waals surface area contributed by atoms with Gasteiger partial charge in [-0.2, -0.15) is 9.97 Å². The van der Waals surface area contributed by atoms with Crippen molar-refractivity contribution >= 4 is 65.4 Å². The van der Waals surface area contributed by atoms with Crippen molar-refractivity contribution in [2.75, 3.05) is 0 Å². The third-order valence-corrected chi connectivity index (χ3v) is 10.2. The fourth-order valence-electron chi connectivity index (χ4n) is 7.75. The topological polar surface area (TPSA) is 53.5 Å². The summed E-state index contributed by atoms with van der Waals surface area (Å²) in [6.07, 6.45) is 0. The molecule has 0 saturated carbocycles. The van der Waals surface area contributed by atoms with Gasteiger partial charge in [0.05, 0.1) is 53.7 Å². The van der Waals surface area contributed by atoms with Crippen molar-refractivity contribution in [3.63, 3.8) is 0 Å². The zero-order valence-corrected chi connectivity index (χ0v) is 29.5. The number of benzene rings is 8. The zero-order valence-electron chi connectivity index (χ0n) is 44.5. The maximum absolute atomic E-state index is 9.98. The molecule has 12 aromatic rings. The molecule has 0 saturated heterocycles. The number of hydrogen-bond donors (Lipinski definition) is 0. The van der Waals surface area contributed by atoms with E-state index in [1.54, 1.807) is 24.3 Å². The average Bonchev–Trinajstić information content (AvgIpc) is 4.07. The summed E-state index contributed by atoms with van der Waals surface area (Å²) >= 11 is 0. The Morgan fingerprint density at radius 3 is 1.51 bits per heavy atom. The van der Waals surface area contributed by atoms with Crippen LogP contribution in [0.4, 0.5) is 0 Å². The molecule has 57 heavy (non-hydrogen) atoms. The number of aromatic nitrogens is 6. The first-order valence-electron chi connectivity index (χ1n) is 25.5. The summed E-state index contributed by atoms with van der Waals surface area (Å²) in [5, 5.41) is 0.937. The van der Waals surface area contributed by atoms with Gasteiger partial charge in [0.25, 0.3) is 0 Å². The first-order chi connectivity index (χ1) is 34.5. The van der Waals surface area contributed by atoms with E-state index < -0.39 is 96.3 Å². The normalized spacial score (nSPS) is 15.5. The molecule has 6 heteroatoms. The maximum Gasteiger partial charge on any atom is 0.238 e. The Bertz CT molecular complexity index is 4280. The summed E-state index contributed by atoms with van der Waals surface area (Å²) in [6.45, 7) is 0. The van der Waals surface area contributed by atoms with Gasteiger partial charge in [0.15, 0.2) is 11.6 Å². The van der Waals surface area contributed by atoms with Crippen LogP contribution in [0.25, 0.3) is 106 Å². The van der Waals surface area contributed by atoms with E-state index in [2.05, 4.69) is 0 Å². The molecule has 0 spiro atoms. The molecular formula is C51H32N6. The molecule has 0 radical (unpaired) electrons. The standard InChI is InChI=1S/C51H32N6/c1-2-15-33(16-3-1)49-52-50(54-51(53-49)57-46-27-12-6-21-39(46)40-22-7-13-28-47(40)57)34-17-14-18-35(31-34)55-45-26-11-8-23-41(45)42-32-36(29-30-48(42)55)56-43-24-9-4-19-37(43)38-20-5-10-25-44(38)56/h1-32H/i4D,5D,8D,9D,10D,11D,19D,20D,23D,24D,25D,26D,29D,30D,32D. The van der Waals surface area contributed by atoms with E-state index in [9.17, 15) is 6.85 Å². The van der Waals surface area contributed by atoms with Gasteiger partial charge in [-0.1, -0.05) is 133 Å². The van der Waals surface area contributed by atoms with Crippen LogP contribution in [0.2, 0.25) is 0 Å². The Hall–Kier alpha value is -7.83. The summed E-state index contributed by atoms with van der Waals surface area (Å²) in [4.78, 5) is 15.0. The van der Waals surface area contributed by atoms with Gasteiger partial charge in [-0.15, -0.1) is 0 Å². The van der Waals surface area contributed by atoms with Gasteiger partial charge in [-0.25, -0.2) is 4.98 Å². The van der Waals surface area contributed by atoms with Gasteiger partial charge >= 0.3 is 0 Å². The predicted octanol–water partition coefficient (Wildman–Crippen LogP) is 12.5. The lowest BCUT2D eigenvalue weighted by atomic mass is 10.1. The van der Waals surface area contributed by atoms with Crippen molar-refractivity contribution in [2.24, 2.45) is 0 Å². The van der Waals surface area contributed by atoms with E-state index in [-0.39, 0.29) is 55.1 Å². The monoisotopic (exact) mass is 743 g/mol. The smallest absolute Gasteiger partial charge is 0.238 e. The van der Waals surface area contributed by atoms with Crippen molar-refractivity contribution < 1.29 is 20.6 Å². The van der Waals surface area contributed by atoms with Crippen molar-refractivity contribution in [1.82, 2.24) is 28.7 Å². The Kier molecular flexibility index (Phi) is 4.37. The highest BCUT2D eigenvalue weighted by Gasteiger charge is 2.20. The molecule has 6 nitrogen and oxygen atoms in total. The van der Waals surface area contributed by atoms with E-state index in [0.29, 0.717) is 22.9 Å². The summed E-state index contributed by atoms with van der Waals surface area (Å²) in [7, 11) is 0. The number of para-hydroxylation sites is 5. The molecule has 0 bridgehead atoms. The summed E-state index contributed by atoms with van der Waals surface area (Å²) < 4.78 is 140. The largest absolute Gasteiger partial charge is 0.309 e. The minimum Gasteiger partial charge on any atom is -0.309 e. The highest BCUT2D eigenvalue weighted by atomic mass is 15.2. The van der Waals surface area contributed by atoms with Crippen LogP contribution in [-0.4, -0.2) is 28.7 Å². The third kappa shape index (κ3) is 4.81. The molecule has 8 aromatic carbocycles. The summed E-state index contributed by atoms with van der Waals surface area (Å²) in [6, 6.07) is 22.2. The van der Waals surface area contributed by atoms with Crippen LogP contribution in [-0.2, 0) is 0 Å². The molecule has 12 rings (SSSR count). The van der Waals surface area contributed by atoms with Crippen LogP contribution in [0.15, 0.2) is 194 Å². The Morgan fingerprint density at radius 1 is 0.351 bits per heavy atom. The Labute approximate surface area is 348 Å². The lowest BCUT2D eigenvalue weighted by Crippen LogP contribution is -2.06. The van der Waals surface area contributed by atoms with E-state index in [1.807, 2.05) is 83.4 Å². The van der Waals surface area contributed by atoms with Crippen LogP contribution in [0, 0.1) is 0 Å². The second-order valence-electron chi connectivity index (χ2n) is 13.4. The fraction of sp³-hybridized carbons (Fsp3) is 0. The lowest BCUT2D eigenvalue weighted by molar-refractivity contribution is 0.953. The number of hydrogen-bond acceptors (Lipinski definition) is 3. The second-order valence-corrected chi connectivity index (χ2v) is 13.4. The molecule has 4 heterocycles. The minimum atomic E-state index is -0.723. The molecule has 266 valence electrons. The van der Waals surface area contributed by atoms with E-state index >= 15 is 0 Å². The zero-order chi connectivity index (χ0) is 50.5. The lowest BCUT2D eigenvalue weighted by Gasteiger charge is -2.13. The molecule has 4 aromatic heterocycles. The quantitative estimate of drug-likeness (QED) is 0.176. The first-order valence-corrected chi connectivity index (χ1v) is 18.0. The van der Waals surface area contributed by atoms with Crippen molar-refractivity contribution in [1.29, 1.82) is 0 Å². The Balaban J connectivity index is 1.18. The van der Waals surface area contributed by atoms with E-state index in [0.717, 1.165) is 26.4 Å². The molecular weight excluding hydrogens is 697 g/mol. The highest BCUT2D eigenvalue weighted by Crippen LogP contribution is 2.38. The van der Waals surface area contributed by atoms with Crippen molar-refractivity contribution in [3.05, 3.63) is 194 Å². The molecule has 0 aliphatic rings. The van der Waals surface area contributed by atoms with Crippen LogP contribution in [0.5, 0.6) is 0 Å². The van der Waals surface area contributed by atoms with Crippen molar-refractivity contribution in [3.8, 4) is 40.1 Å². The van der Waals surface area contributed by atoms with Crippen LogP contribution >= 0.6 is 0 Å². The van der Waals surface area contributed by atoms with Gasteiger partial charge in [-0.3, -0.25) is 4.57 Å². The van der Waals surface area contributed by atoms with Crippen LogP contribution in [0.3, 0.4) is 0 Å². The fourth-order valence-corrected chi connectivity index (χ4v) is 7.75. The van der Waals surface area contributed by atoms with E-state index in [4.69, 9.17) is 28.7 Å². The van der Waals surface area contributed by atoms with E-state index in [1.165, 1.54) is 4.57 Å². The molecule has 0 unspecified atom stereocenters. The average molecular weight is 744 g/mol. The van der Waals surface area contributed by atoms with Gasteiger partial charge in [0.1, 0.15) is 0 Å². The summed E-state index contributed by atoms with van der Waals surface area (Å²) in [5.74, 6) is 0.889. The minimum absolute atomic E-state index is 0.149. The van der Waals surface area contributed by atoms with Gasteiger partial charge in [0.2, 0.25) is 5.95 Å². The number of rotatable bonds is 5. The predicted molar refractivity (Wildman–Crippen MR) is 234 cm³/mol. The molecule has 0 amide bonds. The number of fused-ring (bicyclic) bond motifs is 9. The van der Waals surface area contributed by atoms with Gasteiger partial charge in [0, 0.05) is 54.8 Å². The van der Waals surface area contributed by atoms with Crippen LogP contribution < -0.4 is 0 Å².